The zero-order valence-electron chi connectivity index (χ0n) is 10.6. The largest absolute Gasteiger partial charge is 0.478 e. The summed E-state index contributed by atoms with van der Waals surface area (Å²) in [5.41, 5.74) is -0.359. The number of ketones is 1. The molecule has 6 heteroatoms. The van der Waals surface area contributed by atoms with Gasteiger partial charge < -0.3 is 19.5 Å². The predicted molar refractivity (Wildman–Crippen MR) is 61.5 cm³/mol. The zero-order chi connectivity index (χ0) is 13.4. The highest BCUT2D eigenvalue weighted by atomic mass is 16.7. The van der Waals surface area contributed by atoms with Crippen molar-refractivity contribution in [3.8, 4) is 0 Å². The molecule has 0 radical (unpaired) electrons. The first-order chi connectivity index (χ1) is 7.93. The SMILES string of the molecule is CCOC(OCC)C(=O)/C(=C/N(C)C)C(=O)O. The van der Waals surface area contributed by atoms with Gasteiger partial charge in [-0.1, -0.05) is 0 Å². The summed E-state index contributed by atoms with van der Waals surface area (Å²) in [4.78, 5) is 24.3. The monoisotopic (exact) mass is 245 g/mol. The molecule has 0 saturated heterocycles. The molecule has 0 heterocycles. The number of carboxylic acid groups (broad SMARTS) is 1. The summed E-state index contributed by atoms with van der Waals surface area (Å²) in [6, 6.07) is 0. The second-order valence-corrected chi connectivity index (χ2v) is 3.42. The number of carboxylic acids is 1. The number of Topliss-reactive ketones (excluding diaryl/α,β-unsaturated/α-hetero) is 1. The van der Waals surface area contributed by atoms with Crippen LogP contribution in [0.5, 0.6) is 0 Å². The molecule has 0 unspecified atom stereocenters. The molecule has 0 aromatic rings. The molecule has 0 aliphatic carbocycles. The second-order valence-electron chi connectivity index (χ2n) is 3.42. The Morgan fingerprint density at radius 3 is 2.00 bits per heavy atom. The van der Waals surface area contributed by atoms with Crippen molar-refractivity contribution in [2.45, 2.75) is 20.1 Å². The highest BCUT2D eigenvalue weighted by Crippen LogP contribution is 2.07. The summed E-state index contributed by atoms with van der Waals surface area (Å²) < 4.78 is 10.1. The van der Waals surface area contributed by atoms with Crippen molar-refractivity contribution in [3.63, 3.8) is 0 Å². The Balaban J connectivity index is 4.97. The third-order valence-corrected chi connectivity index (χ3v) is 1.73. The fraction of sp³-hybridized carbons (Fsp3) is 0.636. The molecule has 6 nitrogen and oxygen atoms in total. The van der Waals surface area contributed by atoms with E-state index in [0.717, 1.165) is 0 Å². The van der Waals surface area contributed by atoms with Crippen molar-refractivity contribution >= 4 is 11.8 Å². The molecule has 0 aliphatic rings. The van der Waals surface area contributed by atoms with Crippen molar-refractivity contribution < 1.29 is 24.2 Å². The highest BCUT2D eigenvalue weighted by molar-refractivity contribution is 6.17. The van der Waals surface area contributed by atoms with Crippen LogP contribution < -0.4 is 0 Å². The molecule has 0 aromatic heterocycles. The average molecular weight is 245 g/mol. The predicted octanol–water partition coefficient (Wildman–Crippen LogP) is 0.485. The third kappa shape index (κ3) is 5.46. The van der Waals surface area contributed by atoms with Gasteiger partial charge in [0.2, 0.25) is 12.1 Å². The highest BCUT2D eigenvalue weighted by Gasteiger charge is 2.27. The summed E-state index contributed by atoms with van der Waals surface area (Å²) >= 11 is 0. The first-order valence-electron chi connectivity index (χ1n) is 5.32. The Morgan fingerprint density at radius 1 is 1.24 bits per heavy atom. The number of rotatable bonds is 8. The topological polar surface area (TPSA) is 76.1 Å². The summed E-state index contributed by atoms with van der Waals surface area (Å²) in [6.07, 6.45) is 0.0719. The molecule has 0 spiro atoms. The van der Waals surface area contributed by atoms with Gasteiger partial charge in [-0.3, -0.25) is 4.79 Å². The maximum Gasteiger partial charge on any atom is 0.341 e. The van der Waals surface area contributed by atoms with Crippen molar-refractivity contribution in [2.24, 2.45) is 0 Å². The van der Waals surface area contributed by atoms with Crippen LogP contribution in [0.25, 0.3) is 0 Å². The summed E-state index contributed by atoms with van der Waals surface area (Å²) in [5.74, 6) is -1.98. The van der Waals surface area contributed by atoms with Crippen LogP contribution in [0, 0.1) is 0 Å². The smallest absolute Gasteiger partial charge is 0.341 e. The number of aliphatic carboxylic acids is 1. The number of carbonyl (C=O) groups is 2. The van der Waals surface area contributed by atoms with E-state index in [2.05, 4.69) is 0 Å². The molecule has 1 N–H and O–H groups in total. The van der Waals surface area contributed by atoms with Crippen LogP contribution in [0.15, 0.2) is 11.8 Å². The number of hydrogen-bond acceptors (Lipinski definition) is 5. The standard InChI is InChI=1S/C11H19NO5/c1-5-16-11(17-6-2)9(13)8(10(14)15)7-12(3)4/h7,11H,5-6H2,1-4H3,(H,14,15)/b8-7-. The van der Waals surface area contributed by atoms with Crippen LogP contribution in [-0.2, 0) is 19.1 Å². The molecular formula is C11H19NO5. The van der Waals surface area contributed by atoms with Gasteiger partial charge in [-0.15, -0.1) is 0 Å². The van der Waals surface area contributed by atoms with Crippen molar-refractivity contribution in [1.29, 1.82) is 0 Å². The number of hydrogen-bond donors (Lipinski definition) is 1. The normalized spacial score (nSPS) is 11.7. The summed E-state index contributed by atoms with van der Waals surface area (Å²) in [5, 5.41) is 8.95. The minimum atomic E-state index is -1.30. The lowest BCUT2D eigenvalue weighted by Crippen LogP contribution is -2.32. The van der Waals surface area contributed by atoms with E-state index in [1.54, 1.807) is 27.9 Å². The molecule has 0 atom stereocenters. The van der Waals surface area contributed by atoms with Gasteiger partial charge in [-0.05, 0) is 13.8 Å². The number of carbonyl (C=O) groups excluding carboxylic acids is 1. The van der Waals surface area contributed by atoms with E-state index in [-0.39, 0.29) is 18.8 Å². The van der Waals surface area contributed by atoms with Crippen molar-refractivity contribution in [2.75, 3.05) is 27.3 Å². The zero-order valence-corrected chi connectivity index (χ0v) is 10.6. The van der Waals surface area contributed by atoms with Gasteiger partial charge in [-0.25, -0.2) is 4.79 Å². The summed E-state index contributed by atoms with van der Waals surface area (Å²) in [7, 11) is 3.26. The lowest BCUT2D eigenvalue weighted by molar-refractivity contribution is -0.165. The maximum absolute atomic E-state index is 11.9. The van der Waals surface area contributed by atoms with E-state index in [1.807, 2.05) is 0 Å². The van der Waals surface area contributed by atoms with Gasteiger partial charge in [0.05, 0.1) is 0 Å². The van der Waals surface area contributed by atoms with Gasteiger partial charge in [0.1, 0.15) is 5.57 Å². The van der Waals surface area contributed by atoms with Gasteiger partial charge in [0, 0.05) is 33.5 Å². The van der Waals surface area contributed by atoms with Crippen LogP contribution >= 0.6 is 0 Å². The Morgan fingerprint density at radius 2 is 1.71 bits per heavy atom. The van der Waals surface area contributed by atoms with Gasteiger partial charge in [0.25, 0.3) is 0 Å². The van der Waals surface area contributed by atoms with Crippen LogP contribution in [0.4, 0.5) is 0 Å². The average Bonchev–Trinajstić information content (AvgIpc) is 2.24. The minimum absolute atomic E-state index is 0.269. The lowest BCUT2D eigenvalue weighted by atomic mass is 10.1. The molecule has 0 saturated carbocycles. The van der Waals surface area contributed by atoms with Crippen LogP contribution in [0.3, 0.4) is 0 Å². The molecule has 0 rings (SSSR count). The molecule has 17 heavy (non-hydrogen) atoms. The Hall–Kier alpha value is -1.40. The van der Waals surface area contributed by atoms with Crippen molar-refractivity contribution in [1.82, 2.24) is 4.90 Å². The molecule has 0 fully saturated rings. The Labute approximate surface area is 101 Å². The van der Waals surface area contributed by atoms with E-state index >= 15 is 0 Å². The molecule has 0 amide bonds. The first-order valence-corrected chi connectivity index (χ1v) is 5.32. The summed E-state index contributed by atoms with van der Waals surface area (Å²) in [6.45, 7) is 3.95. The van der Waals surface area contributed by atoms with E-state index in [0.29, 0.717) is 0 Å². The van der Waals surface area contributed by atoms with Crippen LogP contribution in [0.2, 0.25) is 0 Å². The Kier molecular flexibility index (Phi) is 7.16. The molecular weight excluding hydrogens is 226 g/mol. The number of ether oxygens (including phenoxy) is 2. The molecule has 0 aromatic carbocycles. The molecule has 0 bridgehead atoms. The fourth-order valence-corrected chi connectivity index (χ4v) is 1.11. The van der Waals surface area contributed by atoms with E-state index in [1.165, 1.54) is 11.1 Å². The van der Waals surface area contributed by atoms with Crippen molar-refractivity contribution in [3.05, 3.63) is 11.8 Å². The quantitative estimate of drug-likeness (QED) is 0.290. The lowest BCUT2D eigenvalue weighted by Gasteiger charge is -2.16. The van der Waals surface area contributed by atoms with E-state index < -0.39 is 18.0 Å². The minimum Gasteiger partial charge on any atom is -0.478 e. The Bertz CT molecular complexity index is 292. The maximum atomic E-state index is 11.9. The van der Waals surface area contributed by atoms with E-state index in [4.69, 9.17) is 14.6 Å². The van der Waals surface area contributed by atoms with Gasteiger partial charge in [0.15, 0.2) is 0 Å². The fourth-order valence-electron chi connectivity index (χ4n) is 1.11. The van der Waals surface area contributed by atoms with E-state index in [9.17, 15) is 9.59 Å². The molecule has 0 aliphatic heterocycles. The second kappa shape index (κ2) is 7.81. The molecule has 98 valence electrons. The number of nitrogens with zero attached hydrogens (tertiary/aromatic N) is 1. The first kappa shape index (κ1) is 15.6. The third-order valence-electron chi connectivity index (χ3n) is 1.73. The van der Waals surface area contributed by atoms with Crippen LogP contribution in [0.1, 0.15) is 13.8 Å². The van der Waals surface area contributed by atoms with Gasteiger partial charge in [-0.2, -0.15) is 0 Å². The van der Waals surface area contributed by atoms with Crippen LogP contribution in [-0.4, -0.2) is 55.4 Å². The van der Waals surface area contributed by atoms with Gasteiger partial charge >= 0.3 is 5.97 Å².